The summed E-state index contributed by atoms with van der Waals surface area (Å²) in [6, 6.07) is 16.7. The highest BCUT2D eigenvalue weighted by molar-refractivity contribution is 5.83. The van der Waals surface area contributed by atoms with Gasteiger partial charge < -0.3 is 4.74 Å². The Kier molecular flexibility index (Phi) is 5.54. The summed E-state index contributed by atoms with van der Waals surface area (Å²) in [5.41, 5.74) is 6.52. The van der Waals surface area contributed by atoms with Crippen molar-refractivity contribution in [3.63, 3.8) is 0 Å². The van der Waals surface area contributed by atoms with E-state index in [0.717, 1.165) is 11.1 Å². The van der Waals surface area contributed by atoms with Crippen molar-refractivity contribution in [3.8, 4) is 5.75 Å². The molecule has 0 atom stereocenters. The van der Waals surface area contributed by atoms with E-state index in [2.05, 4.69) is 10.9 Å². The second-order valence-electron chi connectivity index (χ2n) is 4.81. The van der Waals surface area contributed by atoms with E-state index in [4.69, 9.17) is 4.74 Å². The quantitative estimate of drug-likeness (QED) is 0.827. The van der Waals surface area contributed by atoms with Crippen LogP contribution in [0.15, 0.2) is 54.6 Å². The zero-order valence-corrected chi connectivity index (χ0v) is 12.3. The first-order chi connectivity index (χ1) is 10.6. The number of hydrogen-bond acceptors (Lipinski definition) is 3. The Morgan fingerprint density at radius 1 is 0.909 bits per heavy atom. The Hall–Kier alpha value is -2.82. The first-order valence-corrected chi connectivity index (χ1v) is 6.95. The van der Waals surface area contributed by atoms with Crippen molar-refractivity contribution >= 4 is 11.8 Å². The third kappa shape index (κ3) is 4.94. The maximum Gasteiger partial charge on any atom is 0.276 e. The largest absolute Gasteiger partial charge is 0.483 e. The number of para-hydroxylation sites is 1. The van der Waals surface area contributed by atoms with Crippen molar-refractivity contribution < 1.29 is 14.3 Å². The fourth-order valence-electron chi connectivity index (χ4n) is 1.86. The third-order valence-corrected chi connectivity index (χ3v) is 3.00. The summed E-state index contributed by atoms with van der Waals surface area (Å²) in [4.78, 5) is 23.3. The summed E-state index contributed by atoms with van der Waals surface area (Å²) in [7, 11) is 0. The van der Waals surface area contributed by atoms with Gasteiger partial charge in [0.2, 0.25) is 5.91 Å². The summed E-state index contributed by atoms with van der Waals surface area (Å²) in [5, 5.41) is 0. The number of hydrazine groups is 1. The van der Waals surface area contributed by atoms with Crippen molar-refractivity contribution in [2.45, 2.75) is 13.3 Å². The second-order valence-corrected chi connectivity index (χ2v) is 4.81. The van der Waals surface area contributed by atoms with Gasteiger partial charge in [0.25, 0.3) is 5.91 Å². The van der Waals surface area contributed by atoms with Crippen LogP contribution in [0.5, 0.6) is 5.75 Å². The molecule has 0 heterocycles. The topological polar surface area (TPSA) is 67.4 Å². The van der Waals surface area contributed by atoms with Crippen molar-refractivity contribution in [2.75, 3.05) is 6.61 Å². The monoisotopic (exact) mass is 298 g/mol. The van der Waals surface area contributed by atoms with E-state index in [-0.39, 0.29) is 18.9 Å². The minimum Gasteiger partial charge on any atom is -0.483 e. The predicted octanol–water partition coefficient (Wildman–Crippen LogP) is 1.76. The lowest BCUT2D eigenvalue weighted by Crippen LogP contribution is -2.44. The van der Waals surface area contributed by atoms with Crippen molar-refractivity contribution in [3.05, 3.63) is 65.7 Å². The molecule has 0 aliphatic heterocycles. The van der Waals surface area contributed by atoms with E-state index >= 15 is 0 Å². The van der Waals surface area contributed by atoms with Gasteiger partial charge in [-0.15, -0.1) is 0 Å². The van der Waals surface area contributed by atoms with Crippen LogP contribution in [0.1, 0.15) is 11.1 Å². The van der Waals surface area contributed by atoms with Crippen LogP contribution in [0.3, 0.4) is 0 Å². The van der Waals surface area contributed by atoms with Crippen molar-refractivity contribution in [1.82, 2.24) is 10.9 Å². The van der Waals surface area contributed by atoms with E-state index in [0.29, 0.717) is 5.75 Å². The van der Waals surface area contributed by atoms with Gasteiger partial charge in [-0.25, -0.2) is 0 Å². The minimum atomic E-state index is -0.412. The average molecular weight is 298 g/mol. The molecule has 22 heavy (non-hydrogen) atoms. The highest BCUT2D eigenvalue weighted by Gasteiger charge is 2.07. The highest BCUT2D eigenvalue weighted by Crippen LogP contribution is 2.15. The van der Waals surface area contributed by atoms with Crippen LogP contribution < -0.4 is 15.6 Å². The fraction of sp³-hybridized carbons (Fsp3) is 0.176. The van der Waals surface area contributed by atoms with E-state index in [1.165, 1.54) is 0 Å². The Balaban J connectivity index is 1.71. The second kappa shape index (κ2) is 7.83. The molecule has 5 nitrogen and oxygen atoms in total. The number of aryl methyl sites for hydroxylation is 1. The molecule has 0 aromatic heterocycles. The first-order valence-electron chi connectivity index (χ1n) is 6.95. The molecule has 2 aromatic carbocycles. The standard InChI is InChI=1S/C17H18N2O3/c1-13-7-5-6-10-15(13)22-12-17(21)19-18-16(20)11-14-8-3-2-4-9-14/h2-10H,11-12H2,1H3,(H,18,20)(H,19,21). The number of rotatable bonds is 5. The molecule has 0 saturated carbocycles. The predicted molar refractivity (Wildman–Crippen MR) is 83.1 cm³/mol. The van der Waals surface area contributed by atoms with Gasteiger partial charge >= 0.3 is 0 Å². The van der Waals surface area contributed by atoms with Crippen LogP contribution in [-0.4, -0.2) is 18.4 Å². The van der Waals surface area contributed by atoms with Gasteiger partial charge in [-0.05, 0) is 24.1 Å². The highest BCUT2D eigenvalue weighted by atomic mass is 16.5. The molecule has 5 heteroatoms. The van der Waals surface area contributed by atoms with Crippen molar-refractivity contribution in [2.24, 2.45) is 0 Å². The fourth-order valence-corrected chi connectivity index (χ4v) is 1.86. The molecule has 114 valence electrons. The van der Waals surface area contributed by atoms with Gasteiger partial charge in [0, 0.05) is 0 Å². The number of ether oxygens (including phenoxy) is 1. The summed E-state index contributed by atoms with van der Waals surface area (Å²) < 4.78 is 5.39. The molecule has 0 saturated heterocycles. The van der Waals surface area contributed by atoms with Crippen LogP contribution in [0.2, 0.25) is 0 Å². The number of amides is 2. The number of hydrogen-bond donors (Lipinski definition) is 2. The zero-order chi connectivity index (χ0) is 15.8. The Bertz CT molecular complexity index is 641. The zero-order valence-electron chi connectivity index (χ0n) is 12.3. The SMILES string of the molecule is Cc1ccccc1OCC(=O)NNC(=O)Cc1ccccc1. The molecule has 2 N–H and O–H groups in total. The van der Waals surface area contributed by atoms with Crippen LogP contribution in [0, 0.1) is 6.92 Å². The minimum absolute atomic E-state index is 0.156. The number of carbonyl (C=O) groups is 2. The average Bonchev–Trinajstić information content (AvgIpc) is 2.53. The molecule has 2 aromatic rings. The summed E-state index contributed by atoms with van der Waals surface area (Å²) in [6.07, 6.45) is 0.208. The molecule has 0 radical (unpaired) electrons. The van der Waals surface area contributed by atoms with Crippen molar-refractivity contribution in [1.29, 1.82) is 0 Å². The van der Waals surface area contributed by atoms with Gasteiger partial charge in [-0.2, -0.15) is 0 Å². The van der Waals surface area contributed by atoms with Gasteiger partial charge in [-0.3, -0.25) is 20.4 Å². The summed E-state index contributed by atoms with van der Waals surface area (Å²) >= 11 is 0. The first kappa shape index (κ1) is 15.6. The van der Waals surface area contributed by atoms with E-state index in [1.54, 1.807) is 6.07 Å². The molecule has 0 spiro atoms. The maximum atomic E-state index is 11.7. The number of carbonyl (C=O) groups excluding carboxylic acids is 2. The van der Waals surface area contributed by atoms with E-state index < -0.39 is 5.91 Å². The smallest absolute Gasteiger partial charge is 0.276 e. The lowest BCUT2D eigenvalue weighted by atomic mass is 10.1. The molecule has 2 rings (SSSR count). The van der Waals surface area contributed by atoms with Gasteiger partial charge in [0.1, 0.15) is 5.75 Å². The summed E-state index contributed by atoms with van der Waals surface area (Å²) in [6.45, 7) is 1.74. The number of benzene rings is 2. The van der Waals surface area contributed by atoms with Crippen LogP contribution in [0.4, 0.5) is 0 Å². The lowest BCUT2D eigenvalue weighted by Gasteiger charge is -2.10. The molecular weight excluding hydrogens is 280 g/mol. The molecule has 0 unspecified atom stereocenters. The molecule has 0 bridgehead atoms. The normalized spacial score (nSPS) is 9.86. The van der Waals surface area contributed by atoms with E-state index in [1.807, 2.05) is 55.5 Å². The van der Waals surface area contributed by atoms with Crippen LogP contribution in [0.25, 0.3) is 0 Å². The summed E-state index contributed by atoms with van der Waals surface area (Å²) in [5.74, 6) is -0.0478. The maximum absolute atomic E-state index is 11.7. The third-order valence-electron chi connectivity index (χ3n) is 3.00. The van der Waals surface area contributed by atoms with Crippen LogP contribution >= 0.6 is 0 Å². The van der Waals surface area contributed by atoms with E-state index in [9.17, 15) is 9.59 Å². The molecule has 0 fully saturated rings. The Morgan fingerprint density at radius 3 is 2.27 bits per heavy atom. The lowest BCUT2D eigenvalue weighted by molar-refractivity contribution is -0.129. The molecule has 0 aliphatic carbocycles. The molecule has 2 amide bonds. The number of nitrogens with one attached hydrogen (secondary N) is 2. The van der Waals surface area contributed by atoms with Gasteiger partial charge in [-0.1, -0.05) is 48.5 Å². The molecule has 0 aliphatic rings. The van der Waals surface area contributed by atoms with Gasteiger partial charge in [0.15, 0.2) is 6.61 Å². The van der Waals surface area contributed by atoms with Gasteiger partial charge in [0.05, 0.1) is 6.42 Å². The van der Waals surface area contributed by atoms with Crippen LogP contribution in [-0.2, 0) is 16.0 Å². The Labute approximate surface area is 129 Å². The molecular formula is C17H18N2O3. The Morgan fingerprint density at radius 2 is 1.55 bits per heavy atom.